The van der Waals surface area contributed by atoms with Gasteiger partial charge in [-0.15, -0.1) is 6.58 Å². The third-order valence-corrected chi connectivity index (χ3v) is 4.66. The number of rotatable bonds is 15. The first kappa shape index (κ1) is 25.3. The molecule has 0 aliphatic rings. The Kier molecular flexibility index (Phi) is 14.4. The van der Waals surface area contributed by atoms with Gasteiger partial charge in [0, 0.05) is 6.42 Å². The van der Waals surface area contributed by atoms with Crippen molar-refractivity contribution in [2.45, 2.75) is 98.8 Å². The molecule has 0 aromatic rings. The molecular formula is C25H40O2. The predicted molar refractivity (Wildman–Crippen MR) is 118 cm³/mol. The highest BCUT2D eigenvalue weighted by Gasteiger charge is 2.07. The summed E-state index contributed by atoms with van der Waals surface area (Å²) >= 11 is 0. The first-order valence-corrected chi connectivity index (χ1v) is 10.5. The van der Waals surface area contributed by atoms with E-state index in [4.69, 9.17) is 0 Å². The van der Waals surface area contributed by atoms with Crippen molar-refractivity contribution in [2.75, 3.05) is 0 Å². The van der Waals surface area contributed by atoms with Crippen LogP contribution in [0.5, 0.6) is 0 Å². The van der Waals surface area contributed by atoms with Crippen LogP contribution in [0.3, 0.4) is 0 Å². The SMILES string of the molecule is C=C(C)CCC=C(CCC)C(=O)CC=C(C)CCC=C(CCCC)C(C)=O. The summed E-state index contributed by atoms with van der Waals surface area (Å²) < 4.78 is 0. The highest BCUT2D eigenvalue weighted by atomic mass is 16.1. The predicted octanol–water partition coefficient (Wildman–Crippen LogP) is 7.46. The fourth-order valence-corrected chi connectivity index (χ4v) is 2.88. The summed E-state index contributed by atoms with van der Waals surface area (Å²) in [4.78, 5) is 24.2. The standard InChI is InChI=1S/C25H40O2/c1-7-9-15-23(22(6)26)16-11-14-21(5)18-19-25(27)24(12-8-2)17-10-13-20(3)4/h16-18H,3,7-15,19H2,1-2,4-6H3. The second-order valence-corrected chi connectivity index (χ2v) is 7.58. The molecule has 2 heteroatoms. The first-order valence-electron chi connectivity index (χ1n) is 10.5. The Hall–Kier alpha value is -1.70. The lowest BCUT2D eigenvalue weighted by molar-refractivity contribution is -0.115. The molecule has 0 aliphatic heterocycles. The van der Waals surface area contributed by atoms with Crippen molar-refractivity contribution in [3.63, 3.8) is 0 Å². The third-order valence-electron chi connectivity index (χ3n) is 4.66. The molecule has 0 bridgehead atoms. The summed E-state index contributed by atoms with van der Waals surface area (Å²) in [6, 6.07) is 0. The molecule has 0 heterocycles. The Labute approximate surface area is 167 Å². The van der Waals surface area contributed by atoms with Gasteiger partial charge in [-0.2, -0.15) is 0 Å². The molecular weight excluding hydrogens is 332 g/mol. The zero-order valence-electron chi connectivity index (χ0n) is 18.3. The van der Waals surface area contributed by atoms with E-state index in [2.05, 4.69) is 45.6 Å². The molecule has 0 saturated carbocycles. The molecule has 27 heavy (non-hydrogen) atoms. The fraction of sp³-hybridized carbons (Fsp3) is 0.600. The second kappa shape index (κ2) is 15.4. The number of ketones is 2. The Morgan fingerprint density at radius 1 is 0.778 bits per heavy atom. The van der Waals surface area contributed by atoms with E-state index in [0.29, 0.717) is 6.42 Å². The van der Waals surface area contributed by atoms with Gasteiger partial charge >= 0.3 is 0 Å². The van der Waals surface area contributed by atoms with E-state index in [1.54, 1.807) is 6.92 Å². The van der Waals surface area contributed by atoms with Crippen molar-refractivity contribution in [1.82, 2.24) is 0 Å². The van der Waals surface area contributed by atoms with Gasteiger partial charge in [0.05, 0.1) is 0 Å². The monoisotopic (exact) mass is 372 g/mol. The van der Waals surface area contributed by atoms with Crippen LogP contribution in [0.1, 0.15) is 98.8 Å². The van der Waals surface area contributed by atoms with Crippen LogP contribution in [-0.4, -0.2) is 11.6 Å². The maximum Gasteiger partial charge on any atom is 0.162 e. The van der Waals surface area contributed by atoms with E-state index in [9.17, 15) is 9.59 Å². The van der Waals surface area contributed by atoms with E-state index in [1.165, 1.54) is 5.57 Å². The van der Waals surface area contributed by atoms with Gasteiger partial charge in [-0.05, 0) is 76.9 Å². The highest BCUT2D eigenvalue weighted by molar-refractivity contribution is 5.96. The van der Waals surface area contributed by atoms with Gasteiger partial charge in [-0.25, -0.2) is 0 Å². The van der Waals surface area contributed by atoms with E-state index < -0.39 is 0 Å². The van der Waals surface area contributed by atoms with Crippen LogP contribution in [0.25, 0.3) is 0 Å². The van der Waals surface area contributed by atoms with Crippen LogP contribution < -0.4 is 0 Å². The van der Waals surface area contributed by atoms with Crippen molar-refractivity contribution < 1.29 is 9.59 Å². The molecule has 152 valence electrons. The van der Waals surface area contributed by atoms with Crippen LogP contribution >= 0.6 is 0 Å². The molecule has 0 aromatic heterocycles. The molecule has 0 aliphatic carbocycles. The number of hydrogen-bond acceptors (Lipinski definition) is 2. The maximum atomic E-state index is 12.5. The van der Waals surface area contributed by atoms with Gasteiger partial charge in [0.2, 0.25) is 0 Å². The Morgan fingerprint density at radius 2 is 1.41 bits per heavy atom. The summed E-state index contributed by atoms with van der Waals surface area (Å²) in [5.74, 6) is 0.421. The van der Waals surface area contributed by atoms with Crippen LogP contribution in [-0.2, 0) is 9.59 Å². The van der Waals surface area contributed by atoms with Gasteiger partial charge in [-0.1, -0.05) is 56.1 Å². The summed E-state index contributed by atoms with van der Waals surface area (Å²) in [6.07, 6.45) is 15.2. The van der Waals surface area contributed by atoms with E-state index in [-0.39, 0.29) is 11.6 Å². The molecule has 0 atom stereocenters. The number of Topliss-reactive ketones (excluding diaryl/α,β-unsaturated/α-hetero) is 2. The molecule has 0 radical (unpaired) electrons. The van der Waals surface area contributed by atoms with Gasteiger partial charge < -0.3 is 0 Å². The van der Waals surface area contributed by atoms with Crippen molar-refractivity contribution in [3.8, 4) is 0 Å². The van der Waals surface area contributed by atoms with Crippen molar-refractivity contribution in [2.24, 2.45) is 0 Å². The molecule has 0 amide bonds. The second-order valence-electron chi connectivity index (χ2n) is 7.58. The van der Waals surface area contributed by atoms with Gasteiger partial charge in [0.25, 0.3) is 0 Å². The Balaban J connectivity index is 4.64. The maximum absolute atomic E-state index is 12.5. The molecule has 0 saturated heterocycles. The van der Waals surface area contributed by atoms with Crippen molar-refractivity contribution >= 4 is 11.6 Å². The summed E-state index contributed by atoms with van der Waals surface area (Å²) in [7, 11) is 0. The molecule has 0 fully saturated rings. The summed E-state index contributed by atoms with van der Waals surface area (Å²) in [5.41, 5.74) is 4.28. The number of unbranched alkanes of at least 4 members (excludes halogenated alkanes) is 1. The quantitative estimate of drug-likeness (QED) is 0.221. The summed E-state index contributed by atoms with van der Waals surface area (Å²) in [6.45, 7) is 13.9. The van der Waals surface area contributed by atoms with Crippen LogP contribution in [0.4, 0.5) is 0 Å². The minimum absolute atomic E-state index is 0.185. The van der Waals surface area contributed by atoms with Crippen LogP contribution in [0, 0.1) is 0 Å². The number of hydrogen-bond donors (Lipinski definition) is 0. The molecule has 0 N–H and O–H groups in total. The van der Waals surface area contributed by atoms with E-state index >= 15 is 0 Å². The largest absolute Gasteiger partial charge is 0.295 e. The third kappa shape index (κ3) is 13.2. The molecule has 2 nitrogen and oxygen atoms in total. The Bertz CT molecular complexity index is 573. The van der Waals surface area contributed by atoms with Crippen LogP contribution in [0.2, 0.25) is 0 Å². The van der Waals surface area contributed by atoms with Gasteiger partial charge in [-0.3, -0.25) is 9.59 Å². The average Bonchev–Trinajstić information content (AvgIpc) is 2.61. The topological polar surface area (TPSA) is 34.1 Å². The van der Waals surface area contributed by atoms with Crippen molar-refractivity contribution in [3.05, 3.63) is 47.1 Å². The lowest BCUT2D eigenvalue weighted by Crippen LogP contribution is -2.02. The first-order chi connectivity index (χ1) is 12.8. The molecule has 0 spiro atoms. The van der Waals surface area contributed by atoms with Gasteiger partial charge in [0.15, 0.2) is 11.6 Å². The smallest absolute Gasteiger partial charge is 0.162 e. The molecule has 0 rings (SSSR count). The molecule has 0 unspecified atom stereocenters. The van der Waals surface area contributed by atoms with Gasteiger partial charge in [0.1, 0.15) is 0 Å². The number of allylic oxidation sites excluding steroid dienone is 7. The zero-order valence-corrected chi connectivity index (χ0v) is 18.3. The number of carbonyl (C=O) groups excluding carboxylic acids is 2. The lowest BCUT2D eigenvalue weighted by atomic mass is 9.99. The van der Waals surface area contributed by atoms with E-state index in [1.807, 2.05) is 6.92 Å². The fourth-order valence-electron chi connectivity index (χ4n) is 2.88. The average molecular weight is 373 g/mol. The minimum atomic E-state index is 0.185. The minimum Gasteiger partial charge on any atom is -0.295 e. The highest BCUT2D eigenvalue weighted by Crippen LogP contribution is 2.16. The summed E-state index contributed by atoms with van der Waals surface area (Å²) in [5, 5.41) is 0. The Morgan fingerprint density at radius 3 is 1.96 bits per heavy atom. The van der Waals surface area contributed by atoms with Crippen molar-refractivity contribution in [1.29, 1.82) is 0 Å². The number of carbonyl (C=O) groups is 2. The van der Waals surface area contributed by atoms with E-state index in [0.717, 1.165) is 74.5 Å². The normalized spacial score (nSPS) is 13.0. The zero-order chi connectivity index (χ0) is 20.7. The molecule has 0 aromatic carbocycles. The van der Waals surface area contributed by atoms with Crippen LogP contribution in [0.15, 0.2) is 47.1 Å². The lowest BCUT2D eigenvalue weighted by Gasteiger charge is -2.06.